The first-order valence-corrected chi connectivity index (χ1v) is 12.3. The van der Waals surface area contributed by atoms with Gasteiger partial charge in [-0.15, -0.1) is 0 Å². The summed E-state index contributed by atoms with van der Waals surface area (Å²) in [5.41, 5.74) is 0. The summed E-state index contributed by atoms with van der Waals surface area (Å²) in [4.78, 5) is 24.1. The molecular formula is C20H40Na2O9S. The molecule has 0 spiro atoms. The fourth-order valence-corrected chi connectivity index (χ4v) is 4.07. The first-order chi connectivity index (χ1) is 14.2. The number of hydrogen-bond donors (Lipinski definition) is 2. The molecule has 0 fully saturated rings. The van der Waals surface area contributed by atoms with Crippen LogP contribution in [0.15, 0.2) is 0 Å². The Balaban J connectivity index is -0.00000420. The zero-order chi connectivity index (χ0) is 23.0. The van der Waals surface area contributed by atoms with Gasteiger partial charge >= 0.3 is 71.1 Å². The minimum atomic E-state index is -5.22. The van der Waals surface area contributed by atoms with Crippen LogP contribution in [-0.2, 0) is 33.9 Å². The molecule has 0 radical (unpaired) electrons. The first-order valence-electron chi connectivity index (χ1n) is 10.8. The molecule has 0 rings (SSSR count). The van der Waals surface area contributed by atoms with Crippen molar-refractivity contribution in [2.45, 2.75) is 96.0 Å². The summed E-state index contributed by atoms with van der Waals surface area (Å²) >= 11 is 0. The standard InChI is InChI=1S/C20H38O9S.2Na.2H/c1-4-7-8-9-10-11-12-13-14-15-16-27-19(23)20(28-5-2,29-6-3)17(18(21)22)30(24,25)26;;;;/h17H,4-16H2,1-3H3,(H,21,22)(H,24,25,26);;;;. The fraction of sp³-hybridized carbons (Fsp3) is 0.900. The van der Waals surface area contributed by atoms with Gasteiger partial charge in [-0.05, 0) is 20.3 Å². The van der Waals surface area contributed by atoms with E-state index in [2.05, 4.69) is 6.92 Å². The number of unbranched alkanes of at least 4 members (excludes halogenated alkanes) is 9. The van der Waals surface area contributed by atoms with Gasteiger partial charge < -0.3 is 19.3 Å². The molecular weight excluding hydrogens is 462 g/mol. The summed E-state index contributed by atoms with van der Waals surface area (Å²) < 4.78 is 48.0. The topological polar surface area (TPSA) is 136 Å². The molecule has 9 nitrogen and oxygen atoms in total. The second kappa shape index (κ2) is 21.1. The second-order valence-corrected chi connectivity index (χ2v) is 8.59. The van der Waals surface area contributed by atoms with Crippen molar-refractivity contribution in [3.05, 3.63) is 0 Å². The molecule has 0 saturated carbocycles. The van der Waals surface area contributed by atoms with Crippen molar-refractivity contribution in [1.82, 2.24) is 0 Å². The summed E-state index contributed by atoms with van der Waals surface area (Å²) in [6.45, 7) is 4.57. The zero-order valence-electron chi connectivity index (χ0n) is 18.4. The molecule has 0 amide bonds. The van der Waals surface area contributed by atoms with Gasteiger partial charge in [0.15, 0.2) is 0 Å². The van der Waals surface area contributed by atoms with E-state index in [0.717, 1.165) is 25.7 Å². The van der Waals surface area contributed by atoms with Crippen molar-refractivity contribution in [2.24, 2.45) is 0 Å². The summed E-state index contributed by atoms with van der Waals surface area (Å²) in [6, 6.07) is 0. The summed E-state index contributed by atoms with van der Waals surface area (Å²) in [6.07, 6.45) is 10.8. The van der Waals surface area contributed by atoms with E-state index in [4.69, 9.17) is 14.2 Å². The van der Waals surface area contributed by atoms with Gasteiger partial charge in [0, 0.05) is 13.2 Å². The molecule has 1 unspecified atom stereocenters. The molecule has 0 aromatic carbocycles. The molecule has 182 valence electrons. The van der Waals surface area contributed by atoms with E-state index >= 15 is 0 Å². The molecule has 0 aliphatic carbocycles. The Morgan fingerprint density at radius 3 is 1.56 bits per heavy atom. The summed E-state index contributed by atoms with van der Waals surface area (Å²) in [7, 11) is -5.22. The van der Waals surface area contributed by atoms with Crippen molar-refractivity contribution in [2.75, 3.05) is 19.8 Å². The summed E-state index contributed by atoms with van der Waals surface area (Å²) in [5, 5.41) is 6.64. The van der Waals surface area contributed by atoms with E-state index in [1.54, 1.807) is 0 Å². The number of aliphatic carboxylic acids is 1. The van der Waals surface area contributed by atoms with Gasteiger partial charge in [-0.1, -0.05) is 64.7 Å². The molecule has 32 heavy (non-hydrogen) atoms. The van der Waals surface area contributed by atoms with E-state index in [9.17, 15) is 27.7 Å². The van der Waals surface area contributed by atoms with Gasteiger partial charge in [-0.3, -0.25) is 9.35 Å². The van der Waals surface area contributed by atoms with Crippen molar-refractivity contribution < 1.29 is 41.9 Å². The molecule has 0 aromatic heterocycles. The van der Waals surface area contributed by atoms with E-state index in [-0.39, 0.29) is 78.9 Å². The van der Waals surface area contributed by atoms with Crippen LogP contribution < -0.4 is 0 Å². The number of carbonyl (C=O) groups excluding carboxylic acids is 1. The Bertz CT molecular complexity index is 594. The van der Waals surface area contributed by atoms with E-state index in [0.29, 0.717) is 6.42 Å². The minimum absolute atomic E-state index is 0. The zero-order valence-corrected chi connectivity index (χ0v) is 19.2. The third kappa shape index (κ3) is 14.2. The third-order valence-electron chi connectivity index (χ3n) is 4.60. The number of carbonyl (C=O) groups is 2. The molecule has 12 heteroatoms. The molecule has 0 aliphatic heterocycles. The monoisotopic (exact) mass is 502 g/mol. The SMILES string of the molecule is CCCCCCCCCCCCOC(=O)C(OCC)(OCC)C(C(=O)O)S(=O)(=O)O.[NaH].[NaH]. The predicted molar refractivity (Wildman–Crippen MR) is 126 cm³/mol. The number of carboxylic acid groups (broad SMARTS) is 1. The van der Waals surface area contributed by atoms with Gasteiger partial charge in [-0.25, -0.2) is 4.79 Å². The van der Waals surface area contributed by atoms with E-state index < -0.39 is 33.1 Å². The first kappa shape index (κ1) is 37.3. The van der Waals surface area contributed by atoms with Crippen LogP contribution in [0.5, 0.6) is 0 Å². The fourth-order valence-electron chi connectivity index (χ4n) is 3.19. The number of carboxylic acids is 1. The Hall–Kier alpha value is 0.770. The third-order valence-corrected chi connectivity index (χ3v) is 5.71. The quantitative estimate of drug-likeness (QED) is 0.0896. The summed E-state index contributed by atoms with van der Waals surface area (Å²) in [5.74, 6) is -6.04. The molecule has 0 bridgehead atoms. The van der Waals surface area contributed by atoms with Gasteiger partial charge in [0.2, 0.25) is 5.25 Å². The Morgan fingerprint density at radius 1 is 0.812 bits per heavy atom. The molecule has 0 aliphatic rings. The average Bonchev–Trinajstić information content (AvgIpc) is 2.64. The van der Waals surface area contributed by atoms with E-state index in [1.165, 1.54) is 46.0 Å². The van der Waals surface area contributed by atoms with E-state index in [1.807, 2.05) is 0 Å². The molecule has 2 N–H and O–H groups in total. The van der Waals surface area contributed by atoms with Crippen LogP contribution in [0.25, 0.3) is 0 Å². The molecule has 0 heterocycles. The number of hydrogen-bond acceptors (Lipinski definition) is 7. The second-order valence-electron chi connectivity index (χ2n) is 7.08. The van der Waals surface area contributed by atoms with Crippen LogP contribution in [0, 0.1) is 0 Å². The van der Waals surface area contributed by atoms with Crippen LogP contribution in [0.4, 0.5) is 0 Å². The normalized spacial score (nSPS) is 12.4. The van der Waals surface area contributed by atoms with Crippen LogP contribution >= 0.6 is 0 Å². The Labute approximate surface area is 237 Å². The van der Waals surface area contributed by atoms with Crippen molar-refractivity contribution in [3.8, 4) is 0 Å². The Morgan fingerprint density at radius 2 is 1.22 bits per heavy atom. The van der Waals surface area contributed by atoms with Crippen LogP contribution in [0.1, 0.15) is 85.0 Å². The number of rotatable bonds is 19. The van der Waals surface area contributed by atoms with Crippen molar-refractivity contribution in [3.63, 3.8) is 0 Å². The predicted octanol–water partition coefficient (Wildman–Crippen LogP) is 2.26. The van der Waals surface area contributed by atoms with Crippen molar-refractivity contribution in [1.29, 1.82) is 0 Å². The van der Waals surface area contributed by atoms with Crippen LogP contribution in [-0.4, -0.2) is 120 Å². The molecule has 0 aromatic rings. The average molecular weight is 503 g/mol. The molecule has 0 saturated heterocycles. The molecule has 1 atom stereocenters. The van der Waals surface area contributed by atoms with Crippen molar-refractivity contribution >= 4 is 81.2 Å². The Kier molecular flexibility index (Phi) is 24.6. The number of esters is 1. The van der Waals surface area contributed by atoms with Gasteiger partial charge in [0.05, 0.1) is 6.61 Å². The van der Waals surface area contributed by atoms with Crippen LogP contribution in [0.3, 0.4) is 0 Å². The maximum atomic E-state index is 12.6. The van der Waals surface area contributed by atoms with Gasteiger partial charge in [0.25, 0.3) is 15.9 Å². The maximum absolute atomic E-state index is 12.6. The number of ether oxygens (including phenoxy) is 3. The van der Waals surface area contributed by atoms with Gasteiger partial charge in [0.1, 0.15) is 0 Å². The van der Waals surface area contributed by atoms with Crippen LogP contribution in [0.2, 0.25) is 0 Å². The van der Waals surface area contributed by atoms with Gasteiger partial charge in [-0.2, -0.15) is 8.42 Å².